The van der Waals surface area contributed by atoms with Crippen molar-refractivity contribution in [1.29, 1.82) is 0 Å². The standard InChI is InChI=1S/C13H18ClNO2/c1-9(8-14)10(2)15-13(16)11-4-6-12(17-3)7-5-11/h4-7,9-10H,8H2,1-3H3,(H,15,16). The van der Waals surface area contributed by atoms with Crippen molar-refractivity contribution < 1.29 is 9.53 Å². The van der Waals surface area contributed by atoms with E-state index in [0.29, 0.717) is 11.4 Å². The number of hydrogen-bond donors (Lipinski definition) is 1. The van der Waals surface area contributed by atoms with E-state index in [0.717, 1.165) is 5.75 Å². The molecule has 0 aliphatic rings. The molecule has 1 aromatic rings. The van der Waals surface area contributed by atoms with Gasteiger partial charge in [0.1, 0.15) is 5.75 Å². The Balaban J connectivity index is 2.63. The van der Waals surface area contributed by atoms with Crippen molar-refractivity contribution in [2.45, 2.75) is 19.9 Å². The van der Waals surface area contributed by atoms with Crippen LogP contribution in [0, 0.1) is 5.92 Å². The molecule has 3 nitrogen and oxygen atoms in total. The summed E-state index contributed by atoms with van der Waals surface area (Å²) in [6.07, 6.45) is 0. The molecule has 4 heteroatoms. The first kappa shape index (κ1) is 13.8. The van der Waals surface area contributed by atoms with Crippen molar-refractivity contribution >= 4 is 17.5 Å². The van der Waals surface area contributed by atoms with E-state index in [1.807, 2.05) is 13.8 Å². The first-order valence-electron chi connectivity index (χ1n) is 5.59. The van der Waals surface area contributed by atoms with Gasteiger partial charge in [-0.3, -0.25) is 4.79 Å². The summed E-state index contributed by atoms with van der Waals surface area (Å²) < 4.78 is 5.04. The van der Waals surface area contributed by atoms with E-state index in [2.05, 4.69) is 5.32 Å². The van der Waals surface area contributed by atoms with Crippen LogP contribution in [0.15, 0.2) is 24.3 Å². The van der Waals surface area contributed by atoms with Crippen molar-refractivity contribution in [3.63, 3.8) is 0 Å². The fourth-order valence-electron chi connectivity index (χ4n) is 1.31. The van der Waals surface area contributed by atoms with E-state index >= 15 is 0 Å². The highest BCUT2D eigenvalue weighted by atomic mass is 35.5. The Kier molecular flexibility index (Phi) is 5.29. The Morgan fingerprint density at radius 1 is 1.35 bits per heavy atom. The zero-order valence-corrected chi connectivity index (χ0v) is 11.1. The molecule has 2 atom stereocenters. The topological polar surface area (TPSA) is 38.3 Å². The highest BCUT2D eigenvalue weighted by molar-refractivity contribution is 6.18. The molecule has 0 radical (unpaired) electrons. The second-order valence-electron chi connectivity index (χ2n) is 4.12. The lowest BCUT2D eigenvalue weighted by Crippen LogP contribution is -2.37. The fraction of sp³-hybridized carbons (Fsp3) is 0.462. The number of hydrogen-bond acceptors (Lipinski definition) is 2. The number of methoxy groups -OCH3 is 1. The zero-order chi connectivity index (χ0) is 12.8. The molecule has 1 amide bonds. The van der Waals surface area contributed by atoms with E-state index < -0.39 is 0 Å². The molecule has 0 aliphatic carbocycles. The van der Waals surface area contributed by atoms with Gasteiger partial charge >= 0.3 is 0 Å². The number of amides is 1. The van der Waals surface area contributed by atoms with Crippen LogP contribution in [0.5, 0.6) is 5.75 Å². The van der Waals surface area contributed by atoms with Gasteiger partial charge < -0.3 is 10.1 Å². The number of ether oxygens (including phenoxy) is 1. The van der Waals surface area contributed by atoms with Crippen molar-refractivity contribution in [2.75, 3.05) is 13.0 Å². The molecule has 0 fully saturated rings. The summed E-state index contributed by atoms with van der Waals surface area (Å²) in [6, 6.07) is 7.08. The molecule has 1 N–H and O–H groups in total. The van der Waals surface area contributed by atoms with Gasteiger partial charge in [0.25, 0.3) is 5.91 Å². The van der Waals surface area contributed by atoms with Gasteiger partial charge in [-0.25, -0.2) is 0 Å². The molecule has 1 aromatic carbocycles. The third-order valence-corrected chi connectivity index (χ3v) is 3.29. The van der Waals surface area contributed by atoms with Gasteiger partial charge in [-0.05, 0) is 37.1 Å². The van der Waals surface area contributed by atoms with Gasteiger partial charge in [0.15, 0.2) is 0 Å². The first-order valence-corrected chi connectivity index (χ1v) is 6.12. The minimum Gasteiger partial charge on any atom is -0.497 e. The number of rotatable bonds is 5. The van der Waals surface area contributed by atoms with Crippen LogP contribution in [-0.2, 0) is 0 Å². The molecule has 0 aliphatic heterocycles. The van der Waals surface area contributed by atoms with Crippen molar-refractivity contribution in [1.82, 2.24) is 5.32 Å². The highest BCUT2D eigenvalue weighted by Crippen LogP contribution is 2.12. The van der Waals surface area contributed by atoms with Crippen LogP contribution in [0.2, 0.25) is 0 Å². The van der Waals surface area contributed by atoms with E-state index in [9.17, 15) is 4.79 Å². The van der Waals surface area contributed by atoms with Crippen LogP contribution in [0.1, 0.15) is 24.2 Å². The summed E-state index contributed by atoms with van der Waals surface area (Å²) in [6.45, 7) is 3.96. The number of carbonyl (C=O) groups is 1. The molecule has 94 valence electrons. The van der Waals surface area contributed by atoms with E-state index in [-0.39, 0.29) is 17.9 Å². The molecular weight excluding hydrogens is 238 g/mol. The maximum Gasteiger partial charge on any atom is 0.251 e. The Hall–Kier alpha value is -1.22. The summed E-state index contributed by atoms with van der Waals surface area (Å²) in [5.74, 6) is 1.43. The number of alkyl halides is 1. The molecular formula is C13H18ClNO2. The summed E-state index contributed by atoms with van der Waals surface area (Å²) in [7, 11) is 1.60. The quantitative estimate of drug-likeness (QED) is 0.822. The predicted molar refractivity (Wildman–Crippen MR) is 69.8 cm³/mol. The highest BCUT2D eigenvalue weighted by Gasteiger charge is 2.14. The second-order valence-corrected chi connectivity index (χ2v) is 4.43. The lowest BCUT2D eigenvalue weighted by atomic mass is 10.1. The Bertz CT molecular complexity index is 364. The van der Waals surface area contributed by atoms with Gasteiger partial charge in [0.05, 0.1) is 7.11 Å². The predicted octanol–water partition coefficient (Wildman–Crippen LogP) is 2.69. The smallest absolute Gasteiger partial charge is 0.251 e. The molecule has 0 spiro atoms. The maximum absolute atomic E-state index is 11.9. The molecule has 17 heavy (non-hydrogen) atoms. The molecule has 1 rings (SSSR count). The minimum absolute atomic E-state index is 0.0575. The Labute approximate surface area is 107 Å². The van der Waals surface area contributed by atoms with E-state index in [1.54, 1.807) is 31.4 Å². The van der Waals surface area contributed by atoms with Gasteiger partial charge in [0, 0.05) is 17.5 Å². The molecule has 0 saturated heterocycles. The molecule has 0 heterocycles. The summed E-state index contributed by atoms with van der Waals surface area (Å²) in [4.78, 5) is 11.9. The number of nitrogens with one attached hydrogen (secondary N) is 1. The Morgan fingerprint density at radius 2 is 1.94 bits per heavy atom. The third-order valence-electron chi connectivity index (χ3n) is 2.81. The largest absolute Gasteiger partial charge is 0.497 e. The van der Waals surface area contributed by atoms with Crippen LogP contribution in [0.4, 0.5) is 0 Å². The van der Waals surface area contributed by atoms with E-state index in [1.165, 1.54) is 0 Å². The SMILES string of the molecule is COc1ccc(C(=O)NC(C)C(C)CCl)cc1. The summed E-state index contributed by atoms with van der Waals surface area (Å²) in [5.41, 5.74) is 0.624. The molecule has 0 saturated carbocycles. The average Bonchev–Trinajstić information content (AvgIpc) is 2.37. The van der Waals surface area contributed by atoms with E-state index in [4.69, 9.17) is 16.3 Å². The molecule has 0 aromatic heterocycles. The molecule has 2 unspecified atom stereocenters. The van der Waals surface area contributed by atoms with Crippen LogP contribution in [0.3, 0.4) is 0 Å². The van der Waals surface area contributed by atoms with Crippen LogP contribution in [-0.4, -0.2) is 24.9 Å². The Morgan fingerprint density at radius 3 is 2.41 bits per heavy atom. The van der Waals surface area contributed by atoms with Gasteiger partial charge in [-0.1, -0.05) is 6.92 Å². The number of carbonyl (C=O) groups excluding carboxylic acids is 1. The summed E-state index contributed by atoms with van der Waals surface area (Å²) in [5, 5.41) is 2.92. The van der Waals surface area contributed by atoms with Crippen molar-refractivity contribution in [2.24, 2.45) is 5.92 Å². The van der Waals surface area contributed by atoms with Crippen LogP contribution in [0.25, 0.3) is 0 Å². The van der Waals surface area contributed by atoms with Crippen LogP contribution >= 0.6 is 11.6 Å². The zero-order valence-electron chi connectivity index (χ0n) is 10.4. The first-order chi connectivity index (χ1) is 8.08. The number of halogens is 1. The van der Waals surface area contributed by atoms with Crippen molar-refractivity contribution in [3.8, 4) is 5.75 Å². The van der Waals surface area contributed by atoms with Crippen molar-refractivity contribution in [3.05, 3.63) is 29.8 Å². The summed E-state index contributed by atoms with van der Waals surface area (Å²) >= 11 is 5.75. The monoisotopic (exact) mass is 255 g/mol. The van der Waals surface area contributed by atoms with Crippen LogP contribution < -0.4 is 10.1 Å². The average molecular weight is 256 g/mol. The third kappa shape index (κ3) is 3.93. The fourth-order valence-corrected chi connectivity index (χ4v) is 1.58. The lowest BCUT2D eigenvalue weighted by Gasteiger charge is -2.19. The molecule has 0 bridgehead atoms. The maximum atomic E-state index is 11.9. The normalized spacial score (nSPS) is 13.9. The van der Waals surface area contributed by atoms with Gasteiger partial charge in [-0.2, -0.15) is 0 Å². The number of benzene rings is 1. The second kappa shape index (κ2) is 6.50. The van der Waals surface area contributed by atoms with Gasteiger partial charge in [-0.15, -0.1) is 11.6 Å². The minimum atomic E-state index is -0.0860. The lowest BCUT2D eigenvalue weighted by molar-refractivity contribution is 0.0931. The van der Waals surface area contributed by atoms with Gasteiger partial charge in [0.2, 0.25) is 0 Å².